The molecule has 0 amide bonds. The predicted molar refractivity (Wildman–Crippen MR) is 75.0 cm³/mol. The number of ketones is 1. The standard InChI is InChI=1S/C13H12FIN2O/c1-17-8-9(7-16-17)2-5-13(18)11-4-3-10(14)6-12(11)15/h3-4,6-8H,2,5H2,1H3. The molecule has 1 aromatic carbocycles. The molecule has 0 atom stereocenters. The first kappa shape index (κ1) is 13.2. The Bertz CT molecular complexity index is 580. The molecule has 0 bridgehead atoms. The maximum absolute atomic E-state index is 12.9. The van der Waals surface area contributed by atoms with Gasteiger partial charge in [-0.3, -0.25) is 9.48 Å². The molecule has 0 saturated heterocycles. The first-order valence-corrected chi connectivity index (χ1v) is 6.60. The van der Waals surface area contributed by atoms with Crippen molar-refractivity contribution in [3.8, 4) is 0 Å². The summed E-state index contributed by atoms with van der Waals surface area (Å²) in [5, 5.41) is 4.05. The van der Waals surface area contributed by atoms with Crippen molar-refractivity contribution in [1.82, 2.24) is 9.78 Å². The van der Waals surface area contributed by atoms with Gasteiger partial charge >= 0.3 is 0 Å². The zero-order valence-electron chi connectivity index (χ0n) is 9.86. The van der Waals surface area contributed by atoms with Gasteiger partial charge in [-0.2, -0.15) is 5.10 Å². The van der Waals surface area contributed by atoms with Crippen LogP contribution in [0.3, 0.4) is 0 Å². The third-order valence-corrected chi connectivity index (χ3v) is 3.52. The SMILES string of the molecule is Cn1cc(CCC(=O)c2ccc(F)cc2I)cn1. The molecule has 0 N–H and O–H groups in total. The molecule has 0 fully saturated rings. The van der Waals surface area contributed by atoms with Crippen LogP contribution in [0.15, 0.2) is 30.6 Å². The molecule has 0 saturated carbocycles. The number of hydrogen-bond donors (Lipinski definition) is 0. The van der Waals surface area contributed by atoms with Gasteiger partial charge in [0.25, 0.3) is 0 Å². The van der Waals surface area contributed by atoms with Crippen molar-refractivity contribution < 1.29 is 9.18 Å². The van der Waals surface area contributed by atoms with Gasteiger partial charge in [-0.05, 0) is 52.8 Å². The molecule has 3 nitrogen and oxygen atoms in total. The fraction of sp³-hybridized carbons (Fsp3) is 0.231. The number of aromatic nitrogens is 2. The molecule has 0 aliphatic heterocycles. The minimum Gasteiger partial charge on any atom is -0.294 e. The summed E-state index contributed by atoms with van der Waals surface area (Å²) in [5.74, 6) is -0.286. The molecule has 18 heavy (non-hydrogen) atoms. The summed E-state index contributed by atoms with van der Waals surface area (Å²) in [5.41, 5.74) is 1.61. The van der Waals surface area contributed by atoms with Crippen molar-refractivity contribution in [2.24, 2.45) is 7.05 Å². The molecule has 0 aliphatic carbocycles. The molecular formula is C13H12FIN2O. The second-order valence-corrected chi connectivity index (χ2v) is 5.23. The van der Waals surface area contributed by atoms with Gasteiger partial charge in [-0.15, -0.1) is 0 Å². The van der Waals surface area contributed by atoms with Crippen LogP contribution in [-0.4, -0.2) is 15.6 Å². The van der Waals surface area contributed by atoms with E-state index >= 15 is 0 Å². The number of hydrogen-bond acceptors (Lipinski definition) is 2. The Morgan fingerprint density at radius 3 is 2.89 bits per heavy atom. The third kappa shape index (κ3) is 3.16. The average molecular weight is 358 g/mol. The lowest BCUT2D eigenvalue weighted by Gasteiger charge is -2.03. The van der Waals surface area contributed by atoms with Gasteiger partial charge < -0.3 is 0 Å². The second kappa shape index (κ2) is 5.60. The number of carbonyl (C=O) groups is 1. The molecule has 0 unspecified atom stereocenters. The van der Waals surface area contributed by atoms with Crippen LogP contribution in [-0.2, 0) is 13.5 Å². The molecule has 1 aromatic heterocycles. The first-order chi connectivity index (χ1) is 8.56. The number of halogens is 2. The zero-order chi connectivity index (χ0) is 13.1. The van der Waals surface area contributed by atoms with Crippen LogP contribution in [0.25, 0.3) is 0 Å². The zero-order valence-corrected chi connectivity index (χ0v) is 12.0. The molecule has 0 spiro atoms. The van der Waals surface area contributed by atoms with E-state index in [0.29, 0.717) is 22.0 Å². The summed E-state index contributed by atoms with van der Waals surface area (Å²) in [7, 11) is 1.84. The Kier molecular flexibility index (Phi) is 4.11. The number of benzene rings is 1. The van der Waals surface area contributed by atoms with E-state index in [1.807, 2.05) is 35.8 Å². The summed E-state index contributed by atoms with van der Waals surface area (Å²) in [6.45, 7) is 0. The third-order valence-electron chi connectivity index (χ3n) is 2.63. The Balaban J connectivity index is 2.03. The quantitative estimate of drug-likeness (QED) is 0.622. The maximum atomic E-state index is 12.9. The van der Waals surface area contributed by atoms with Crippen LogP contribution < -0.4 is 0 Å². The highest BCUT2D eigenvalue weighted by Crippen LogP contribution is 2.16. The minimum absolute atomic E-state index is 0.0308. The lowest BCUT2D eigenvalue weighted by molar-refractivity contribution is 0.0982. The molecule has 0 radical (unpaired) electrons. The number of carbonyl (C=O) groups excluding carboxylic acids is 1. The van der Waals surface area contributed by atoms with Gasteiger partial charge in [0.05, 0.1) is 6.20 Å². The van der Waals surface area contributed by atoms with Gasteiger partial charge in [0.1, 0.15) is 5.82 Å². The maximum Gasteiger partial charge on any atom is 0.164 e. The Hall–Kier alpha value is -1.24. The van der Waals surface area contributed by atoms with E-state index in [9.17, 15) is 9.18 Å². The average Bonchev–Trinajstić information content (AvgIpc) is 2.72. The summed E-state index contributed by atoms with van der Waals surface area (Å²) >= 11 is 1.98. The van der Waals surface area contributed by atoms with E-state index in [-0.39, 0.29) is 11.6 Å². The van der Waals surface area contributed by atoms with Crippen LogP contribution in [0, 0.1) is 9.39 Å². The number of aryl methyl sites for hydroxylation is 2. The van der Waals surface area contributed by atoms with Gasteiger partial charge in [0, 0.05) is 28.8 Å². The van der Waals surface area contributed by atoms with Crippen LogP contribution in [0.5, 0.6) is 0 Å². The van der Waals surface area contributed by atoms with Crippen molar-refractivity contribution in [3.05, 3.63) is 51.1 Å². The fourth-order valence-electron chi connectivity index (χ4n) is 1.71. The van der Waals surface area contributed by atoms with Crippen molar-refractivity contribution in [1.29, 1.82) is 0 Å². The van der Waals surface area contributed by atoms with Crippen LogP contribution in [0.1, 0.15) is 22.3 Å². The molecule has 2 rings (SSSR count). The van der Waals surface area contributed by atoms with Gasteiger partial charge in [0.15, 0.2) is 5.78 Å². The van der Waals surface area contributed by atoms with Crippen molar-refractivity contribution >= 4 is 28.4 Å². The van der Waals surface area contributed by atoms with Gasteiger partial charge in [-0.25, -0.2) is 4.39 Å². The van der Waals surface area contributed by atoms with Gasteiger partial charge in [-0.1, -0.05) is 0 Å². The topological polar surface area (TPSA) is 34.9 Å². The lowest BCUT2D eigenvalue weighted by Crippen LogP contribution is -2.03. The van der Waals surface area contributed by atoms with Crippen molar-refractivity contribution in [3.63, 3.8) is 0 Å². The van der Waals surface area contributed by atoms with E-state index in [4.69, 9.17) is 0 Å². The molecule has 1 heterocycles. The summed E-state index contributed by atoms with van der Waals surface area (Å²) in [6.07, 6.45) is 4.71. The van der Waals surface area contributed by atoms with Gasteiger partial charge in [0.2, 0.25) is 0 Å². The second-order valence-electron chi connectivity index (χ2n) is 4.07. The van der Waals surface area contributed by atoms with Crippen LogP contribution >= 0.6 is 22.6 Å². The summed E-state index contributed by atoms with van der Waals surface area (Å²) < 4.78 is 15.3. The Morgan fingerprint density at radius 2 is 2.28 bits per heavy atom. The highest BCUT2D eigenvalue weighted by atomic mass is 127. The first-order valence-electron chi connectivity index (χ1n) is 5.52. The number of Topliss-reactive ketones (excluding diaryl/α,β-unsaturated/α-hetero) is 1. The van der Waals surface area contributed by atoms with Crippen molar-refractivity contribution in [2.45, 2.75) is 12.8 Å². The monoisotopic (exact) mass is 358 g/mol. The summed E-state index contributed by atoms with van der Waals surface area (Å²) in [6, 6.07) is 4.24. The lowest BCUT2D eigenvalue weighted by atomic mass is 10.0. The van der Waals surface area contributed by atoms with Crippen LogP contribution in [0.2, 0.25) is 0 Å². The number of nitrogens with zero attached hydrogens (tertiary/aromatic N) is 2. The molecule has 0 aliphatic rings. The highest BCUT2D eigenvalue weighted by Gasteiger charge is 2.11. The number of rotatable bonds is 4. The smallest absolute Gasteiger partial charge is 0.164 e. The minimum atomic E-state index is -0.316. The molecule has 94 valence electrons. The fourth-order valence-corrected chi connectivity index (χ4v) is 2.49. The molecule has 5 heteroatoms. The molecular weight excluding hydrogens is 346 g/mol. The normalized spacial score (nSPS) is 10.6. The van der Waals surface area contributed by atoms with E-state index < -0.39 is 0 Å². The van der Waals surface area contributed by atoms with Crippen molar-refractivity contribution in [2.75, 3.05) is 0 Å². The predicted octanol–water partition coefficient (Wildman–Crippen LogP) is 2.98. The van der Waals surface area contributed by atoms with E-state index in [1.54, 1.807) is 16.9 Å². The largest absolute Gasteiger partial charge is 0.294 e. The highest BCUT2D eigenvalue weighted by molar-refractivity contribution is 14.1. The Labute approximate surface area is 118 Å². The van der Waals surface area contributed by atoms with E-state index in [2.05, 4.69) is 5.10 Å². The Morgan fingerprint density at radius 1 is 1.50 bits per heavy atom. The van der Waals surface area contributed by atoms with Crippen LogP contribution in [0.4, 0.5) is 4.39 Å². The summed E-state index contributed by atoms with van der Waals surface area (Å²) in [4.78, 5) is 12.0. The van der Waals surface area contributed by atoms with E-state index in [1.165, 1.54) is 12.1 Å². The van der Waals surface area contributed by atoms with E-state index in [0.717, 1.165) is 5.56 Å². The molecule has 2 aromatic rings.